The van der Waals surface area contributed by atoms with Gasteiger partial charge in [-0.1, -0.05) is 30.6 Å². The van der Waals surface area contributed by atoms with E-state index in [1.165, 1.54) is 12.1 Å². The van der Waals surface area contributed by atoms with Gasteiger partial charge in [-0.2, -0.15) is 4.98 Å². The Balaban J connectivity index is 1.45. The highest BCUT2D eigenvalue weighted by Crippen LogP contribution is 2.35. The van der Waals surface area contributed by atoms with Crippen molar-refractivity contribution < 1.29 is 13.7 Å². The number of nitrogens with zero attached hydrogens (tertiary/aromatic N) is 7. The average molecular weight is 471 g/mol. The summed E-state index contributed by atoms with van der Waals surface area (Å²) < 4.78 is 28.6. The maximum Gasteiger partial charge on any atom is 0.229 e. The first-order valence-corrected chi connectivity index (χ1v) is 11.3. The smallest absolute Gasteiger partial charge is 0.229 e. The van der Waals surface area contributed by atoms with Gasteiger partial charge >= 0.3 is 0 Å². The van der Waals surface area contributed by atoms with Crippen molar-refractivity contribution in [3.05, 3.63) is 77.6 Å². The summed E-state index contributed by atoms with van der Waals surface area (Å²) in [6.07, 6.45) is 1.78. The summed E-state index contributed by atoms with van der Waals surface area (Å²) in [6, 6.07) is 12.1. The van der Waals surface area contributed by atoms with Crippen LogP contribution in [0.3, 0.4) is 0 Å². The highest BCUT2D eigenvalue weighted by molar-refractivity contribution is 5.71. The molecule has 0 radical (unpaired) electrons. The zero-order valence-electron chi connectivity index (χ0n) is 19.4. The fraction of sp³-hybridized carbons (Fsp3) is 0.240. The summed E-state index contributed by atoms with van der Waals surface area (Å²) in [5.74, 6) is 2.71. The molecule has 9 nitrogen and oxygen atoms in total. The maximum atomic E-state index is 13.3. The highest BCUT2D eigenvalue weighted by Gasteiger charge is 2.28. The Morgan fingerprint density at radius 1 is 1.11 bits per heavy atom. The first-order valence-electron chi connectivity index (χ1n) is 11.3. The summed E-state index contributed by atoms with van der Waals surface area (Å²) in [6.45, 7) is 6.64. The first kappa shape index (κ1) is 21.2. The Hall–Kier alpha value is -4.34. The summed E-state index contributed by atoms with van der Waals surface area (Å²) in [4.78, 5) is 9.21. The number of hydrogen-bond acceptors (Lipinski definition) is 7. The molecule has 0 bridgehead atoms. The van der Waals surface area contributed by atoms with Gasteiger partial charge in [0.1, 0.15) is 30.2 Å². The lowest BCUT2D eigenvalue weighted by atomic mass is 10.1. The number of ether oxygens (including phenoxy) is 1. The third-order valence-corrected chi connectivity index (χ3v) is 5.98. The van der Waals surface area contributed by atoms with Crippen molar-refractivity contribution >= 4 is 0 Å². The first-order chi connectivity index (χ1) is 17.0. The number of halogens is 1. The molecular weight excluding hydrogens is 449 g/mol. The molecule has 1 aliphatic rings. The lowest BCUT2D eigenvalue weighted by molar-refractivity contribution is 0.289. The van der Waals surface area contributed by atoms with Gasteiger partial charge in [0.15, 0.2) is 11.6 Å². The van der Waals surface area contributed by atoms with E-state index in [9.17, 15) is 4.39 Å². The molecule has 176 valence electrons. The van der Waals surface area contributed by atoms with Crippen LogP contribution in [-0.2, 0) is 13.2 Å². The van der Waals surface area contributed by atoms with E-state index in [0.717, 1.165) is 28.3 Å². The number of aromatic nitrogens is 7. The van der Waals surface area contributed by atoms with Crippen molar-refractivity contribution in [2.24, 2.45) is 0 Å². The molecule has 0 unspecified atom stereocenters. The summed E-state index contributed by atoms with van der Waals surface area (Å²) in [5, 5.41) is 13.1. The molecule has 0 spiro atoms. The van der Waals surface area contributed by atoms with Crippen LogP contribution in [0.1, 0.15) is 42.7 Å². The van der Waals surface area contributed by atoms with E-state index in [1.54, 1.807) is 18.5 Å². The van der Waals surface area contributed by atoms with Gasteiger partial charge in [0.2, 0.25) is 11.7 Å². The van der Waals surface area contributed by atoms with Gasteiger partial charge in [0, 0.05) is 11.5 Å². The van der Waals surface area contributed by atoms with Crippen molar-refractivity contribution in [1.82, 2.24) is 34.5 Å². The van der Waals surface area contributed by atoms with Crippen LogP contribution in [0.2, 0.25) is 0 Å². The van der Waals surface area contributed by atoms with E-state index in [2.05, 4.69) is 43.5 Å². The third-order valence-electron chi connectivity index (χ3n) is 5.98. The van der Waals surface area contributed by atoms with E-state index in [4.69, 9.17) is 9.26 Å². The summed E-state index contributed by atoms with van der Waals surface area (Å²) >= 11 is 0. The molecule has 0 fully saturated rings. The second-order valence-corrected chi connectivity index (χ2v) is 8.81. The number of aryl methyl sites for hydroxylation is 1. The number of benzene rings is 2. The van der Waals surface area contributed by atoms with Crippen molar-refractivity contribution in [2.75, 3.05) is 0 Å². The molecule has 0 saturated carbocycles. The lowest BCUT2D eigenvalue weighted by Gasteiger charge is -2.10. The van der Waals surface area contributed by atoms with Gasteiger partial charge in [0.25, 0.3) is 0 Å². The molecule has 2 aromatic carbocycles. The molecule has 0 saturated heterocycles. The normalized spacial score (nSPS) is 12.3. The molecule has 10 heteroatoms. The quantitative estimate of drug-likeness (QED) is 0.360. The van der Waals surface area contributed by atoms with Gasteiger partial charge in [-0.25, -0.2) is 9.37 Å². The standard InChI is InChI=1S/C25H22FN7O2/c1-14(2)25-28-23(31-35-25)22-20-11-32-21(12-34-17-7-5-16(26)6-8-17)29-30-24(32)18-10-15(3)4-9-19(18)33(20)13-27-22/h4-10,13-14H,11-12H2,1-3H3. The Labute approximate surface area is 200 Å². The van der Waals surface area contributed by atoms with Crippen LogP contribution in [0, 0.1) is 12.7 Å². The molecule has 4 heterocycles. The number of rotatable bonds is 5. The minimum atomic E-state index is -0.316. The minimum Gasteiger partial charge on any atom is -0.486 e. The lowest BCUT2D eigenvalue weighted by Crippen LogP contribution is -2.10. The van der Waals surface area contributed by atoms with E-state index < -0.39 is 0 Å². The Bertz CT molecular complexity index is 1530. The van der Waals surface area contributed by atoms with Crippen LogP contribution in [0.25, 0.3) is 28.6 Å². The Kier molecular flexibility index (Phi) is 4.94. The van der Waals surface area contributed by atoms with E-state index in [0.29, 0.717) is 35.5 Å². The van der Waals surface area contributed by atoms with Gasteiger partial charge in [0.05, 0.1) is 17.9 Å². The number of imidazole rings is 1. The van der Waals surface area contributed by atoms with Gasteiger partial charge in [-0.05, 0) is 43.3 Å². The summed E-state index contributed by atoms with van der Waals surface area (Å²) in [7, 11) is 0. The van der Waals surface area contributed by atoms with Crippen LogP contribution < -0.4 is 4.74 Å². The molecular formula is C25H22FN7O2. The monoisotopic (exact) mass is 471 g/mol. The average Bonchev–Trinajstić information content (AvgIpc) is 3.56. The molecule has 3 aromatic heterocycles. The predicted octanol–water partition coefficient (Wildman–Crippen LogP) is 4.69. The minimum absolute atomic E-state index is 0.112. The van der Waals surface area contributed by atoms with Gasteiger partial charge < -0.3 is 13.8 Å². The topological polar surface area (TPSA) is 96.7 Å². The zero-order valence-corrected chi connectivity index (χ0v) is 19.4. The summed E-state index contributed by atoms with van der Waals surface area (Å²) in [5.41, 5.74) is 4.50. The van der Waals surface area contributed by atoms with Crippen LogP contribution in [0.5, 0.6) is 5.75 Å². The van der Waals surface area contributed by atoms with Crippen LogP contribution in [-0.4, -0.2) is 34.5 Å². The Morgan fingerprint density at radius 3 is 2.71 bits per heavy atom. The van der Waals surface area contributed by atoms with Crippen molar-refractivity contribution in [1.29, 1.82) is 0 Å². The second kappa shape index (κ2) is 8.15. The molecule has 0 N–H and O–H groups in total. The predicted molar refractivity (Wildman–Crippen MR) is 125 cm³/mol. The fourth-order valence-electron chi connectivity index (χ4n) is 4.16. The van der Waals surface area contributed by atoms with Gasteiger partial charge in [-0.3, -0.25) is 4.57 Å². The van der Waals surface area contributed by atoms with Crippen molar-refractivity contribution in [3.8, 4) is 34.3 Å². The molecule has 6 rings (SSSR count). The van der Waals surface area contributed by atoms with Crippen molar-refractivity contribution in [3.63, 3.8) is 0 Å². The van der Waals surface area contributed by atoms with Crippen LogP contribution in [0.4, 0.5) is 4.39 Å². The van der Waals surface area contributed by atoms with Crippen LogP contribution in [0.15, 0.2) is 53.3 Å². The maximum absolute atomic E-state index is 13.3. The molecule has 0 amide bonds. The van der Waals surface area contributed by atoms with E-state index in [-0.39, 0.29) is 18.3 Å². The second-order valence-electron chi connectivity index (χ2n) is 8.81. The molecule has 5 aromatic rings. The number of hydrogen-bond donors (Lipinski definition) is 0. The molecule has 0 atom stereocenters. The highest BCUT2D eigenvalue weighted by atomic mass is 19.1. The fourth-order valence-corrected chi connectivity index (χ4v) is 4.16. The largest absolute Gasteiger partial charge is 0.486 e. The van der Waals surface area contributed by atoms with Gasteiger partial charge in [-0.15, -0.1) is 10.2 Å². The molecule has 0 aliphatic carbocycles. The molecule has 1 aliphatic heterocycles. The zero-order chi connectivity index (χ0) is 24.1. The Morgan fingerprint density at radius 2 is 1.94 bits per heavy atom. The van der Waals surface area contributed by atoms with Crippen molar-refractivity contribution in [2.45, 2.75) is 39.8 Å². The van der Waals surface area contributed by atoms with E-state index >= 15 is 0 Å². The number of fused-ring (bicyclic) bond motifs is 5. The SMILES string of the molecule is Cc1ccc2c(c1)-c1nnc(COc3ccc(F)cc3)n1Cc1c(-c3noc(C(C)C)n3)ncn1-2. The van der Waals surface area contributed by atoms with Crippen LogP contribution >= 0.6 is 0 Å². The third kappa shape index (κ3) is 3.67. The molecule has 35 heavy (non-hydrogen) atoms. The van der Waals surface area contributed by atoms with E-state index in [1.807, 2.05) is 29.9 Å².